The number of nitrogens with two attached hydrogens (primary N) is 1. The highest BCUT2D eigenvalue weighted by atomic mass is 16.4. The normalized spacial score (nSPS) is 20.8. The molecule has 2 heterocycles. The number of pyridine rings is 1. The van der Waals surface area contributed by atoms with E-state index in [4.69, 9.17) is 10.8 Å². The third-order valence-corrected chi connectivity index (χ3v) is 2.85. The number of nitrogen functional groups attached to an aromatic ring is 1. The van der Waals surface area contributed by atoms with Gasteiger partial charge in [0.15, 0.2) is 0 Å². The second-order valence-electron chi connectivity index (χ2n) is 4.04. The standard InChI is InChI=1S/C11H15N3O2/c12-9-4-1-5-10(13-9)14-6-2-3-8(7-14)11(15)16/h1,4-5,8H,2-3,6-7H2,(H2,12,13)(H,15,16). The maximum atomic E-state index is 10.9. The van der Waals surface area contributed by atoms with Crippen LogP contribution in [0.25, 0.3) is 0 Å². The van der Waals surface area contributed by atoms with Gasteiger partial charge in [-0.15, -0.1) is 0 Å². The number of anilines is 2. The molecule has 0 spiro atoms. The van der Waals surface area contributed by atoms with Gasteiger partial charge in [0, 0.05) is 13.1 Å². The fourth-order valence-electron chi connectivity index (χ4n) is 2.00. The topological polar surface area (TPSA) is 79.5 Å². The van der Waals surface area contributed by atoms with Gasteiger partial charge in [-0.05, 0) is 25.0 Å². The van der Waals surface area contributed by atoms with Gasteiger partial charge >= 0.3 is 5.97 Å². The summed E-state index contributed by atoms with van der Waals surface area (Å²) in [7, 11) is 0. The number of rotatable bonds is 2. The average molecular weight is 221 g/mol. The molecular weight excluding hydrogens is 206 g/mol. The fraction of sp³-hybridized carbons (Fsp3) is 0.455. The molecule has 1 aromatic rings. The lowest BCUT2D eigenvalue weighted by Gasteiger charge is -2.31. The highest BCUT2D eigenvalue weighted by molar-refractivity contribution is 5.71. The van der Waals surface area contributed by atoms with E-state index in [-0.39, 0.29) is 5.92 Å². The molecule has 1 saturated heterocycles. The van der Waals surface area contributed by atoms with E-state index in [2.05, 4.69) is 4.98 Å². The number of aromatic nitrogens is 1. The first-order valence-corrected chi connectivity index (χ1v) is 5.37. The Labute approximate surface area is 93.9 Å². The van der Waals surface area contributed by atoms with E-state index in [1.165, 1.54) is 0 Å². The highest BCUT2D eigenvalue weighted by Crippen LogP contribution is 2.22. The predicted octanol–water partition coefficient (Wildman–Crippen LogP) is 0.965. The van der Waals surface area contributed by atoms with Crippen LogP contribution in [-0.2, 0) is 4.79 Å². The number of piperidine rings is 1. The maximum Gasteiger partial charge on any atom is 0.308 e. The number of carbonyl (C=O) groups is 1. The van der Waals surface area contributed by atoms with Gasteiger partial charge in [-0.2, -0.15) is 0 Å². The molecule has 5 nitrogen and oxygen atoms in total. The number of carboxylic acids is 1. The van der Waals surface area contributed by atoms with E-state index in [1.54, 1.807) is 6.07 Å². The SMILES string of the molecule is Nc1cccc(N2CCCC(C(=O)O)C2)n1. The summed E-state index contributed by atoms with van der Waals surface area (Å²) in [6, 6.07) is 5.42. The van der Waals surface area contributed by atoms with Crippen molar-refractivity contribution in [3.8, 4) is 0 Å². The largest absolute Gasteiger partial charge is 0.481 e. The van der Waals surface area contributed by atoms with Crippen molar-refractivity contribution in [1.29, 1.82) is 0 Å². The Hall–Kier alpha value is -1.78. The van der Waals surface area contributed by atoms with E-state index < -0.39 is 5.97 Å². The Kier molecular flexibility index (Phi) is 2.94. The van der Waals surface area contributed by atoms with E-state index >= 15 is 0 Å². The predicted molar refractivity (Wildman–Crippen MR) is 61.2 cm³/mol. The molecule has 1 atom stereocenters. The summed E-state index contributed by atoms with van der Waals surface area (Å²) in [5.74, 6) is 0.214. The lowest BCUT2D eigenvalue weighted by molar-refractivity contribution is -0.141. The van der Waals surface area contributed by atoms with Gasteiger partial charge in [-0.25, -0.2) is 4.98 Å². The molecule has 0 aliphatic carbocycles. The first-order chi connectivity index (χ1) is 7.66. The van der Waals surface area contributed by atoms with E-state index in [0.717, 1.165) is 25.2 Å². The van der Waals surface area contributed by atoms with Gasteiger partial charge in [0.25, 0.3) is 0 Å². The summed E-state index contributed by atoms with van der Waals surface area (Å²) in [6.45, 7) is 1.37. The number of carboxylic acid groups (broad SMARTS) is 1. The van der Waals surface area contributed by atoms with Crippen molar-refractivity contribution in [2.75, 3.05) is 23.7 Å². The van der Waals surface area contributed by atoms with Crippen molar-refractivity contribution in [2.24, 2.45) is 5.92 Å². The molecule has 86 valence electrons. The molecule has 16 heavy (non-hydrogen) atoms. The Morgan fingerprint density at radius 2 is 2.38 bits per heavy atom. The van der Waals surface area contributed by atoms with Crippen LogP contribution in [0.5, 0.6) is 0 Å². The lowest BCUT2D eigenvalue weighted by atomic mass is 9.98. The summed E-state index contributed by atoms with van der Waals surface area (Å²) in [6.07, 6.45) is 1.63. The minimum atomic E-state index is -0.728. The van der Waals surface area contributed by atoms with E-state index in [1.807, 2.05) is 17.0 Å². The zero-order chi connectivity index (χ0) is 11.5. The van der Waals surface area contributed by atoms with Crippen LogP contribution in [0.4, 0.5) is 11.6 Å². The van der Waals surface area contributed by atoms with Crippen LogP contribution < -0.4 is 10.6 Å². The number of hydrogen-bond acceptors (Lipinski definition) is 4. The summed E-state index contributed by atoms with van der Waals surface area (Å²) >= 11 is 0. The molecule has 1 aliphatic rings. The van der Waals surface area contributed by atoms with Crippen molar-refractivity contribution in [3.05, 3.63) is 18.2 Å². The quantitative estimate of drug-likeness (QED) is 0.777. The molecule has 2 rings (SSSR count). The van der Waals surface area contributed by atoms with Gasteiger partial charge in [-0.3, -0.25) is 4.79 Å². The fourth-order valence-corrected chi connectivity index (χ4v) is 2.00. The highest BCUT2D eigenvalue weighted by Gasteiger charge is 2.25. The van der Waals surface area contributed by atoms with Gasteiger partial charge in [-0.1, -0.05) is 6.07 Å². The van der Waals surface area contributed by atoms with Crippen molar-refractivity contribution in [1.82, 2.24) is 4.98 Å². The molecule has 0 aromatic carbocycles. The van der Waals surface area contributed by atoms with Crippen molar-refractivity contribution < 1.29 is 9.90 Å². The van der Waals surface area contributed by atoms with E-state index in [9.17, 15) is 4.79 Å². The Morgan fingerprint density at radius 1 is 1.56 bits per heavy atom. The molecule has 5 heteroatoms. The minimum absolute atomic E-state index is 0.294. The van der Waals surface area contributed by atoms with Crippen molar-refractivity contribution >= 4 is 17.6 Å². The third kappa shape index (κ3) is 2.24. The van der Waals surface area contributed by atoms with Crippen molar-refractivity contribution in [2.45, 2.75) is 12.8 Å². The van der Waals surface area contributed by atoms with Gasteiger partial charge in [0.05, 0.1) is 5.92 Å². The van der Waals surface area contributed by atoms with Crippen LogP contribution in [-0.4, -0.2) is 29.1 Å². The number of hydrogen-bond donors (Lipinski definition) is 2. The molecule has 0 radical (unpaired) electrons. The Balaban J connectivity index is 2.12. The molecular formula is C11H15N3O2. The van der Waals surface area contributed by atoms with E-state index in [0.29, 0.717) is 12.4 Å². The molecule has 0 saturated carbocycles. The first-order valence-electron chi connectivity index (χ1n) is 5.37. The molecule has 3 N–H and O–H groups in total. The van der Waals surface area contributed by atoms with Gasteiger partial charge in [0.2, 0.25) is 0 Å². The van der Waals surface area contributed by atoms with Crippen LogP contribution in [0, 0.1) is 5.92 Å². The van der Waals surface area contributed by atoms with Crippen LogP contribution in [0.2, 0.25) is 0 Å². The number of aliphatic carboxylic acids is 1. The summed E-state index contributed by atoms with van der Waals surface area (Å²) in [5.41, 5.74) is 5.61. The average Bonchev–Trinajstić information content (AvgIpc) is 2.29. The van der Waals surface area contributed by atoms with Gasteiger partial charge in [0.1, 0.15) is 11.6 Å². The maximum absolute atomic E-state index is 10.9. The molecule has 1 fully saturated rings. The minimum Gasteiger partial charge on any atom is -0.481 e. The Morgan fingerprint density at radius 3 is 3.06 bits per heavy atom. The second-order valence-corrected chi connectivity index (χ2v) is 4.04. The zero-order valence-electron chi connectivity index (χ0n) is 8.97. The third-order valence-electron chi connectivity index (χ3n) is 2.85. The summed E-state index contributed by atoms with van der Waals surface area (Å²) < 4.78 is 0. The first kappa shape index (κ1) is 10.7. The van der Waals surface area contributed by atoms with Crippen molar-refractivity contribution in [3.63, 3.8) is 0 Å². The molecule has 0 bridgehead atoms. The molecule has 0 amide bonds. The van der Waals surface area contributed by atoms with Crippen LogP contribution in [0.1, 0.15) is 12.8 Å². The summed E-state index contributed by atoms with van der Waals surface area (Å²) in [5, 5.41) is 8.99. The van der Waals surface area contributed by atoms with Crippen LogP contribution in [0.3, 0.4) is 0 Å². The van der Waals surface area contributed by atoms with Gasteiger partial charge < -0.3 is 15.7 Å². The Bertz CT molecular complexity index is 395. The summed E-state index contributed by atoms with van der Waals surface area (Å²) in [4.78, 5) is 17.1. The second kappa shape index (κ2) is 4.38. The molecule has 1 aromatic heterocycles. The lowest BCUT2D eigenvalue weighted by Crippen LogP contribution is -2.39. The number of nitrogens with zero attached hydrogens (tertiary/aromatic N) is 2. The van der Waals surface area contributed by atoms with Crippen LogP contribution in [0.15, 0.2) is 18.2 Å². The molecule has 1 aliphatic heterocycles. The smallest absolute Gasteiger partial charge is 0.308 e. The van der Waals surface area contributed by atoms with Crippen LogP contribution >= 0.6 is 0 Å². The zero-order valence-corrected chi connectivity index (χ0v) is 8.97. The molecule has 1 unspecified atom stereocenters. The monoisotopic (exact) mass is 221 g/mol.